The van der Waals surface area contributed by atoms with Crippen molar-refractivity contribution in [3.05, 3.63) is 71.6 Å². The molecule has 2 aliphatic rings. The molecule has 2 aromatic rings. The average molecular weight is 509 g/mol. The number of benzene rings is 2. The number of ether oxygens (including phenoxy) is 2. The number of allylic oxidation sites excluding steroid dienone is 1. The van der Waals surface area contributed by atoms with E-state index in [-0.39, 0.29) is 11.5 Å². The zero-order valence-corrected chi connectivity index (χ0v) is 19.8. The molecule has 8 heteroatoms. The fraction of sp³-hybridized carbons (Fsp3) is 0.464. The van der Waals surface area contributed by atoms with Gasteiger partial charge >= 0.3 is 12.6 Å². The number of carbonyl (C=O) groups is 1. The van der Waals surface area contributed by atoms with Crippen molar-refractivity contribution in [2.45, 2.75) is 63.9 Å². The van der Waals surface area contributed by atoms with Gasteiger partial charge in [-0.05, 0) is 86.3 Å². The summed E-state index contributed by atoms with van der Waals surface area (Å²) in [4.78, 5) is 12.4. The molecular weight excluding hydrogens is 479 g/mol. The van der Waals surface area contributed by atoms with Crippen LogP contribution >= 0.6 is 0 Å². The first-order chi connectivity index (χ1) is 17.2. The van der Waals surface area contributed by atoms with Crippen molar-refractivity contribution in [3.8, 4) is 11.5 Å². The summed E-state index contributed by atoms with van der Waals surface area (Å²) in [5.74, 6) is -4.20. The Morgan fingerprint density at radius 2 is 1.67 bits per heavy atom. The van der Waals surface area contributed by atoms with Crippen LogP contribution in [-0.4, -0.2) is 12.6 Å². The highest BCUT2D eigenvalue weighted by molar-refractivity contribution is 5.91. The highest BCUT2D eigenvalue weighted by atomic mass is 19.3. The molecule has 36 heavy (non-hydrogen) atoms. The lowest BCUT2D eigenvalue weighted by Gasteiger charge is -2.42. The molecule has 0 aromatic heterocycles. The molecule has 2 aliphatic carbocycles. The number of halogens is 5. The lowest BCUT2D eigenvalue weighted by atomic mass is 9.63. The predicted molar refractivity (Wildman–Crippen MR) is 125 cm³/mol. The van der Waals surface area contributed by atoms with Crippen molar-refractivity contribution in [1.29, 1.82) is 0 Å². The molecule has 0 heterocycles. The Kier molecular flexibility index (Phi) is 8.32. The van der Waals surface area contributed by atoms with Crippen LogP contribution in [0.5, 0.6) is 11.5 Å². The smallest absolute Gasteiger partial charge is 0.387 e. The fourth-order valence-corrected chi connectivity index (χ4v) is 5.83. The van der Waals surface area contributed by atoms with Crippen LogP contribution in [0.25, 0.3) is 0 Å². The van der Waals surface area contributed by atoms with Crippen LogP contribution in [0, 0.1) is 35.2 Å². The number of hydrogen-bond acceptors (Lipinski definition) is 3. The first kappa shape index (κ1) is 26.2. The van der Waals surface area contributed by atoms with E-state index >= 15 is 4.39 Å². The quantitative estimate of drug-likeness (QED) is 0.156. The minimum absolute atomic E-state index is 0.0756. The summed E-state index contributed by atoms with van der Waals surface area (Å²) in [6, 6.07) is 5.17. The number of esters is 1. The van der Waals surface area contributed by atoms with Gasteiger partial charge in [0.15, 0.2) is 17.4 Å². The van der Waals surface area contributed by atoms with E-state index < -0.39 is 41.5 Å². The number of fused-ring (bicyclic) bond motifs is 1. The van der Waals surface area contributed by atoms with Gasteiger partial charge in [0, 0.05) is 12.1 Å². The Bertz CT molecular complexity index is 1080. The van der Waals surface area contributed by atoms with Gasteiger partial charge in [0.1, 0.15) is 11.6 Å². The third-order valence-corrected chi connectivity index (χ3v) is 7.57. The molecule has 0 spiro atoms. The summed E-state index contributed by atoms with van der Waals surface area (Å²) >= 11 is 0. The second-order valence-corrected chi connectivity index (χ2v) is 9.80. The van der Waals surface area contributed by atoms with Gasteiger partial charge in [0.2, 0.25) is 0 Å². The number of carbonyl (C=O) groups excluding carboxylic acids is 1. The van der Waals surface area contributed by atoms with Gasteiger partial charge in [0.05, 0.1) is 5.56 Å². The summed E-state index contributed by atoms with van der Waals surface area (Å²) in [5, 5.41) is 0. The van der Waals surface area contributed by atoms with Gasteiger partial charge in [-0.3, -0.25) is 0 Å². The van der Waals surface area contributed by atoms with E-state index in [1.807, 2.05) is 6.08 Å². The molecule has 3 nitrogen and oxygen atoms in total. The van der Waals surface area contributed by atoms with E-state index in [1.54, 1.807) is 6.07 Å². The minimum Gasteiger partial charge on any atom is -0.429 e. The Morgan fingerprint density at radius 3 is 2.33 bits per heavy atom. The van der Waals surface area contributed by atoms with Gasteiger partial charge in [0.25, 0.3) is 0 Å². The molecule has 194 valence electrons. The van der Waals surface area contributed by atoms with Gasteiger partial charge in [-0.1, -0.05) is 18.6 Å². The summed E-state index contributed by atoms with van der Waals surface area (Å²) in [5.41, 5.74) is 0.436. The van der Waals surface area contributed by atoms with Crippen molar-refractivity contribution in [3.63, 3.8) is 0 Å². The average Bonchev–Trinajstić information content (AvgIpc) is 2.84. The molecule has 4 unspecified atom stereocenters. The van der Waals surface area contributed by atoms with Crippen molar-refractivity contribution < 1.29 is 36.2 Å². The lowest BCUT2D eigenvalue weighted by molar-refractivity contribution is -0.0547. The normalized spacial score (nSPS) is 23.7. The Hall–Kier alpha value is -2.90. The van der Waals surface area contributed by atoms with E-state index in [0.717, 1.165) is 44.1 Å². The van der Waals surface area contributed by atoms with Gasteiger partial charge in [-0.15, -0.1) is 6.58 Å². The summed E-state index contributed by atoms with van der Waals surface area (Å²) in [6.07, 6.45) is 10.7. The van der Waals surface area contributed by atoms with Crippen LogP contribution in [0.15, 0.2) is 43.0 Å². The molecule has 2 aromatic carbocycles. The van der Waals surface area contributed by atoms with Gasteiger partial charge in [-0.2, -0.15) is 8.78 Å². The van der Waals surface area contributed by atoms with E-state index in [0.29, 0.717) is 29.5 Å². The molecule has 0 radical (unpaired) electrons. The summed E-state index contributed by atoms with van der Waals surface area (Å²) < 4.78 is 76.1. The maximum absolute atomic E-state index is 15.0. The maximum atomic E-state index is 15.0. The van der Waals surface area contributed by atoms with E-state index in [9.17, 15) is 22.4 Å². The first-order valence-electron chi connectivity index (χ1n) is 12.3. The molecule has 0 N–H and O–H groups in total. The highest BCUT2D eigenvalue weighted by Crippen LogP contribution is 2.48. The van der Waals surface area contributed by atoms with Crippen LogP contribution in [0.1, 0.15) is 73.2 Å². The summed E-state index contributed by atoms with van der Waals surface area (Å²) in [7, 11) is 0. The topological polar surface area (TPSA) is 35.5 Å². The molecular formula is C28H29F5O3. The molecule has 2 saturated carbocycles. The summed E-state index contributed by atoms with van der Waals surface area (Å²) in [6.45, 7) is 0.393. The monoisotopic (exact) mass is 508 g/mol. The Labute approximate surface area is 207 Å². The first-order valence-corrected chi connectivity index (χ1v) is 12.3. The molecule has 2 fully saturated rings. The molecule has 4 rings (SSSR count). The maximum Gasteiger partial charge on any atom is 0.387 e. The Balaban J connectivity index is 1.39. The molecule has 0 bridgehead atoms. The third-order valence-electron chi connectivity index (χ3n) is 7.57. The second kappa shape index (κ2) is 11.4. The standard InChI is InChI=1S/C28H29F5O3/c1-2-3-4-16-5-6-18-12-19(8-7-17(18)11-16)22-10-9-20(13-23(22)29)27(34)35-21-14-24(30)26(25(31)15-21)36-28(32)33/h2,9-10,13-19,28H,1,3-8,11-12H2. The Morgan fingerprint density at radius 1 is 0.972 bits per heavy atom. The van der Waals surface area contributed by atoms with Crippen LogP contribution in [0.3, 0.4) is 0 Å². The zero-order valence-electron chi connectivity index (χ0n) is 19.8. The highest BCUT2D eigenvalue weighted by Gasteiger charge is 2.36. The van der Waals surface area contributed by atoms with Gasteiger partial charge < -0.3 is 9.47 Å². The van der Waals surface area contributed by atoms with Crippen LogP contribution < -0.4 is 9.47 Å². The SMILES string of the molecule is C=CCCC1CCC2CC(c3ccc(C(=O)Oc4cc(F)c(OC(F)F)c(F)c4)cc3F)CCC2C1. The van der Waals surface area contributed by atoms with Crippen LogP contribution in [-0.2, 0) is 0 Å². The van der Waals surface area contributed by atoms with Crippen molar-refractivity contribution in [2.75, 3.05) is 0 Å². The second-order valence-electron chi connectivity index (χ2n) is 9.80. The molecule has 0 amide bonds. The minimum atomic E-state index is -3.42. The largest absolute Gasteiger partial charge is 0.429 e. The zero-order chi connectivity index (χ0) is 25.8. The predicted octanol–water partition coefficient (Wildman–Crippen LogP) is 8.19. The van der Waals surface area contributed by atoms with E-state index in [4.69, 9.17) is 4.74 Å². The lowest BCUT2D eigenvalue weighted by Crippen LogP contribution is -2.30. The van der Waals surface area contributed by atoms with Gasteiger partial charge in [-0.25, -0.2) is 18.0 Å². The van der Waals surface area contributed by atoms with Crippen molar-refractivity contribution >= 4 is 5.97 Å². The van der Waals surface area contributed by atoms with Crippen molar-refractivity contribution in [2.24, 2.45) is 17.8 Å². The van der Waals surface area contributed by atoms with Crippen molar-refractivity contribution in [1.82, 2.24) is 0 Å². The number of alkyl halides is 2. The van der Waals surface area contributed by atoms with Crippen LogP contribution in [0.2, 0.25) is 0 Å². The fourth-order valence-electron chi connectivity index (χ4n) is 5.83. The van der Waals surface area contributed by atoms with Crippen LogP contribution in [0.4, 0.5) is 22.0 Å². The molecule has 0 aliphatic heterocycles. The number of hydrogen-bond donors (Lipinski definition) is 0. The number of rotatable bonds is 8. The third kappa shape index (κ3) is 6.08. The molecule has 4 atom stereocenters. The van der Waals surface area contributed by atoms with E-state index in [2.05, 4.69) is 11.3 Å². The van der Waals surface area contributed by atoms with E-state index in [1.165, 1.54) is 25.3 Å². The molecule has 0 saturated heterocycles.